The van der Waals surface area contributed by atoms with Crippen LogP contribution in [0, 0.1) is 5.92 Å². The van der Waals surface area contributed by atoms with Gasteiger partial charge in [-0.2, -0.15) is 0 Å². The molecule has 1 saturated carbocycles. The van der Waals surface area contributed by atoms with Crippen LogP contribution in [0.3, 0.4) is 0 Å². The quantitative estimate of drug-likeness (QED) is 0.649. The third kappa shape index (κ3) is 3.97. The molecule has 14 heavy (non-hydrogen) atoms. The lowest BCUT2D eigenvalue weighted by molar-refractivity contribution is 0.155. The SMILES string of the molecule is CCCC(NC(CC)COC)C1CC1. The predicted molar refractivity (Wildman–Crippen MR) is 60.5 cm³/mol. The standard InChI is InChI=1S/C12H25NO/c1-4-6-12(10-7-8-10)13-11(5-2)9-14-3/h10-13H,4-9H2,1-3H3. The van der Waals surface area contributed by atoms with E-state index in [1.54, 1.807) is 7.11 Å². The summed E-state index contributed by atoms with van der Waals surface area (Å²) in [5.74, 6) is 0.959. The predicted octanol–water partition coefficient (Wildman–Crippen LogP) is 2.58. The summed E-state index contributed by atoms with van der Waals surface area (Å²) in [6.07, 6.45) is 6.64. The summed E-state index contributed by atoms with van der Waals surface area (Å²) in [6, 6.07) is 1.30. The van der Waals surface area contributed by atoms with E-state index in [1.807, 2.05) is 0 Å². The van der Waals surface area contributed by atoms with Gasteiger partial charge in [0.2, 0.25) is 0 Å². The molecule has 0 heterocycles. The number of ether oxygens (including phenoxy) is 1. The molecular weight excluding hydrogens is 174 g/mol. The molecular formula is C12H25NO. The Kier molecular flexibility index (Phi) is 5.49. The Hall–Kier alpha value is -0.0800. The number of methoxy groups -OCH3 is 1. The fourth-order valence-corrected chi connectivity index (χ4v) is 2.05. The molecule has 1 aliphatic carbocycles. The lowest BCUT2D eigenvalue weighted by atomic mass is 10.1. The molecule has 0 saturated heterocycles. The summed E-state index contributed by atoms with van der Waals surface area (Å²) in [5, 5.41) is 3.74. The largest absolute Gasteiger partial charge is 0.383 e. The van der Waals surface area contributed by atoms with Crippen molar-refractivity contribution >= 4 is 0 Å². The van der Waals surface area contributed by atoms with Crippen LogP contribution in [-0.2, 0) is 4.74 Å². The van der Waals surface area contributed by atoms with Crippen LogP contribution in [0.1, 0.15) is 46.0 Å². The molecule has 0 aromatic rings. The van der Waals surface area contributed by atoms with E-state index in [0.717, 1.165) is 18.6 Å². The first-order valence-electron chi connectivity index (χ1n) is 6.06. The van der Waals surface area contributed by atoms with Crippen LogP contribution in [0.15, 0.2) is 0 Å². The highest BCUT2D eigenvalue weighted by Gasteiger charge is 2.31. The second kappa shape index (κ2) is 6.41. The summed E-state index contributed by atoms with van der Waals surface area (Å²) < 4.78 is 5.21. The highest BCUT2D eigenvalue weighted by Crippen LogP contribution is 2.34. The molecule has 0 aliphatic heterocycles. The van der Waals surface area contributed by atoms with Gasteiger partial charge in [-0.1, -0.05) is 20.3 Å². The molecule has 0 bridgehead atoms. The summed E-state index contributed by atoms with van der Waals surface area (Å²) >= 11 is 0. The van der Waals surface area contributed by atoms with Crippen LogP contribution in [0.5, 0.6) is 0 Å². The fraction of sp³-hybridized carbons (Fsp3) is 1.00. The zero-order valence-electron chi connectivity index (χ0n) is 9.88. The number of hydrogen-bond donors (Lipinski definition) is 1. The van der Waals surface area contributed by atoms with Gasteiger partial charge < -0.3 is 10.1 Å². The molecule has 0 radical (unpaired) electrons. The minimum Gasteiger partial charge on any atom is -0.383 e. The topological polar surface area (TPSA) is 21.3 Å². The first-order chi connectivity index (χ1) is 6.81. The van der Waals surface area contributed by atoms with E-state index in [1.165, 1.54) is 32.1 Å². The van der Waals surface area contributed by atoms with Gasteiger partial charge in [-0.25, -0.2) is 0 Å². The normalized spacial score (nSPS) is 20.8. The zero-order chi connectivity index (χ0) is 10.4. The number of rotatable bonds is 8. The lowest BCUT2D eigenvalue weighted by Crippen LogP contribution is -2.41. The first-order valence-corrected chi connectivity index (χ1v) is 6.06. The van der Waals surface area contributed by atoms with Gasteiger partial charge >= 0.3 is 0 Å². The third-order valence-corrected chi connectivity index (χ3v) is 3.10. The highest BCUT2D eigenvalue weighted by molar-refractivity contribution is 4.87. The summed E-state index contributed by atoms with van der Waals surface area (Å²) in [4.78, 5) is 0. The molecule has 0 aromatic carbocycles. The van der Waals surface area contributed by atoms with Crippen molar-refractivity contribution in [3.8, 4) is 0 Å². The molecule has 1 rings (SSSR count). The molecule has 2 heteroatoms. The number of hydrogen-bond acceptors (Lipinski definition) is 2. The molecule has 0 spiro atoms. The maximum atomic E-state index is 5.21. The smallest absolute Gasteiger partial charge is 0.0615 e. The van der Waals surface area contributed by atoms with Crippen molar-refractivity contribution in [2.24, 2.45) is 5.92 Å². The minimum absolute atomic E-state index is 0.553. The van der Waals surface area contributed by atoms with Crippen molar-refractivity contribution in [2.75, 3.05) is 13.7 Å². The van der Waals surface area contributed by atoms with Crippen molar-refractivity contribution in [2.45, 2.75) is 58.0 Å². The fourth-order valence-electron chi connectivity index (χ4n) is 2.05. The van der Waals surface area contributed by atoms with E-state index in [-0.39, 0.29) is 0 Å². The Balaban J connectivity index is 2.27. The van der Waals surface area contributed by atoms with Gasteiger partial charge in [-0.3, -0.25) is 0 Å². The van der Waals surface area contributed by atoms with Gasteiger partial charge in [0.1, 0.15) is 0 Å². The van der Waals surface area contributed by atoms with E-state index in [9.17, 15) is 0 Å². The van der Waals surface area contributed by atoms with E-state index < -0.39 is 0 Å². The van der Waals surface area contributed by atoms with Gasteiger partial charge in [0.05, 0.1) is 6.61 Å². The van der Waals surface area contributed by atoms with Crippen molar-refractivity contribution in [3.05, 3.63) is 0 Å². The second-order valence-electron chi connectivity index (χ2n) is 4.46. The van der Waals surface area contributed by atoms with E-state index in [4.69, 9.17) is 4.74 Å². The Morgan fingerprint density at radius 3 is 2.50 bits per heavy atom. The average molecular weight is 199 g/mol. The Morgan fingerprint density at radius 2 is 2.07 bits per heavy atom. The maximum absolute atomic E-state index is 5.21. The van der Waals surface area contributed by atoms with Crippen LogP contribution in [0.25, 0.3) is 0 Å². The summed E-state index contributed by atoms with van der Waals surface area (Å²) in [5.41, 5.74) is 0. The van der Waals surface area contributed by atoms with E-state index >= 15 is 0 Å². The van der Waals surface area contributed by atoms with E-state index in [0.29, 0.717) is 6.04 Å². The molecule has 0 amide bonds. The van der Waals surface area contributed by atoms with Gasteiger partial charge in [0, 0.05) is 19.2 Å². The van der Waals surface area contributed by atoms with Gasteiger partial charge in [-0.15, -0.1) is 0 Å². The molecule has 2 nitrogen and oxygen atoms in total. The molecule has 2 unspecified atom stereocenters. The van der Waals surface area contributed by atoms with Crippen LogP contribution in [0.2, 0.25) is 0 Å². The van der Waals surface area contributed by atoms with Crippen molar-refractivity contribution in [1.82, 2.24) is 5.32 Å². The van der Waals surface area contributed by atoms with Crippen LogP contribution in [0.4, 0.5) is 0 Å². The van der Waals surface area contributed by atoms with E-state index in [2.05, 4.69) is 19.2 Å². The first kappa shape index (κ1) is 12.0. The molecule has 84 valence electrons. The van der Waals surface area contributed by atoms with Crippen molar-refractivity contribution in [1.29, 1.82) is 0 Å². The third-order valence-electron chi connectivity index (χ3n) is 3.10. The van der Waals surface area contributed by atoms with Crippen molar-refractivity contribution < 1.29 is 4.74 Å². The van der Waals surface area contributed by atoms with Gasteiger partial charge in [0.25, 0.3) is 0 Å². The Labute approximate surface area is 88.4 Å². The summed E-state index contributed by atoms with van der Waals surface area (Å²) in [6.45, 7) is 5.35. The van der Waals surface area contributed by atoms with Crippen LogP contribution in [-0.4, -0.2) is 25.8 Å². The molecule has 1 fully saturated rings. The highest BCUT2D eigenvalue weighted by atomic mass is 16.5. The Morgan fingerprint density at radius 1 is 1.36 bits per heavy atom. The zero-order valence-corrected chi connectivity index (χ0v) is 9.88. The molecule has 1 N–H and O–H groups in total. The van der Waals surface area contributed by atoms with Crippen molar-refractivity contribution in [3.63, 3.8) is 0 Å². The van der Waals surface area contributed by atoms with Crippen LogP contribution < -0.4 is 5.32 Å². The van der Waals surface area contributed by atoms with Crippen LogP contribution >= 0.6 is 0 Å². The van der Waals surface area contributed by atoms with Gasteiger partial charge in [-0.05, 0) is 31.6 Å². The monoisotopic (exact) mass is 199 g/mol. The number of nitrogens with one attached hydrogen (secondary N) is 1. The summed E-state index contributed by atoms with van der Waals surface area (Å²) in [7, 11) is 1.79. The lowest BCUT2D eigenvalue weighted by Gasteiger charge is -2.24. The average Bonchev–Trinajstić information content (AvgIpc) is 2.99. The maximum Gasteiger partial charge on any atom is 0.0615 e. The molecule has 1 aliphatic rings. The molecule has 0 aromatic heterocycles. The minimum atomic E-state index is 0.553. The second-order valence-corrected chi connectivity index (χ2v) is 4.46. The molecule has 2 atom stereocenters. The Bertz CT molecular complexity index is 145. The van der Waals surface area contributed by atoms with Gasteiger partial charge in [0.15, 0.2) is 0 Å².